The van der Waals surface area contributed by atoms with Gasteiger partial charge in [-0.3, -0.25) is 14.6 Å². The number of nitrogens with one attached hydrogen (secondary N) is 1. The average molecular weight is 342 g/mol. The summed E-state index contributed by atoms with van der Waals surface area (Å²) in [5, 5.41) is 2.58. The number of halogens is 1. The van der Waals surface area contributed by atoms with E-state index in [0.717, 1.165) is 0 Å². The number of anilines is 1. The van der Waals surface area contributed by atoms with Gasteiger partial charge in [0, 0.05) is 32.4 Å². The van der Waals surface area contributed by atoms with E-state index in [4.69, 9.17) is 0 Å². The quantitative estimate of drug-likeness (QED) is 0.851. The van der Waals surface area contributed by atoms with Crippen LogP contribution >= 0.6 is 0 Å². The molecule has 3 rings (SSSR count). The van der Waals surface area contributed by atoms with E-state index in [1.807, 2.05) is 11.0 Å². The fourth-order valence-electron chi connectivity index (χ4n) is 2.75. The first-order chi connectivity index (χ1) is 12.1. The number of benzene rings is 1. The molecule has 7 heteroatoms. The van der Waals surface area contributed by atoms with Crippen LogP contribution in [0.5, 0.6) is 0 Å². The normalized spacial score (nSPS) is 14.3. The van der Waals surface area contributed by atoms with Crippen LogP contribution in [0.25, 0.3) is 0 Å². The number of aromatic nitrogens is 1. The lowest BCUT2D eigenvalue weighted by Crippen LogP contribution is -2.52. The first-order valence-corrected chi connectivity index (χ1v) is 8.11. The van der Waals surface area contributed by atoms with Gasteiger partial charge < -0.3 is 15.1 Å². The van der Waals surface area contributed by atoms with Gasteiger partial charge in [-0.15, -0.1) is 0 Å². The lowest BCUT2D eigenvalue weighted by Gasteiger charge is -2.35. The van der Waals surface area contributed by atoms with Crippen molar-refractivity contribution in [2.24, 2.45) is 0 Å². The summed E-state index contributed by atoms with van der Waals surface area (Å²) in [6, 6.07) is 11.9. The third kappa shape index (κ3) is 4.12. The number of rotatable bonds is 3. The second kappa shape index (κ2) is 7.74. The highest BCUT2D eigenvalue weighted by molar-refractivity contribution is 6.35. The summed E-state index contributed by atoms with van der Waals surface area (Å²) in [6.07, 6.45) is 1.63. The van der Waals surface area contributed by atoms with Crippen molar-refractivity contribution in [1.82, 2.24) is 15.2 Å². The largest absolute Gasteiger partial charge is 0.366 e. The zero-order chi connectivity index (χ0) is 17.6. The second-order valence-corrected chi connectivity index (χ2v) is 5.73. The van der Waals surface area contributed by atoms with Crippen molar-refractivity contribution in [3.8, 4) is 0 Å². The van der Waals surface area contributed by atoms with Crippen molar-refractivity contribution >= 4 is 17.5 Å². The first kappa shape index (κ1) is 16.9. The van der Waals surface area contributed by atoms with E-state index in [2.05, 4.69) is 10.3 Å². The zero-order valence-electron chi connectivity index (χ0n) is 13.7. The molecule has 0 radical (unpaired) electrons. The minimum Gasteiger partial charge on any atom is -0.366 e. The molecule has 2 aromatic rings. The van der Waals surface area contributed by atoms with E-state index in [-0.39, 0.29) is 12.4 Å². The van der Waals surface area contributed by atoms with Gasteiger partial charge >= 0.3 is 11.8 Å². The molecule has 0 aliphatic carbocycles. The molecule has 1 N–H and O–H groups in total. The lowest BCUT2D eigenvalue weighted by molar-refractivity contribution is -0.146. The summed E-state index contributed by atoms with van der Waals surface area (Å²) in [6.45, 7) is 1.94. The predicted octanol–water partition coefficient (Wildman–Crippen LogP) is 1.19. The molecule has 25 heavy (non-hydrogen) atoms. The molecule has 0 unspecified atom stereocenters. The van der Waals surface area contributed by atoms with Gasteiger partial charge in [0.25, 0.3) is 0 Å². The van der Waals surface area contributed by atoms with E-state index >= 15 is 0 Å². The van der Waals surface area contributed by atoms with E-state index in [1.54, 1.807) is 36.5 Å². The predicted molar refractivity (Wildman–Crippen MR) is 91.3 cm³/mol. The number of para-hydroxylation sites is 1. The van der Waals surface area contributed by atoms with Gasteiger partial charge in [0.1, 0.15) is 5.82 Å². The minimum absolute atomic E-state index is 0.209. The van der Waals surface area contributed by atoms with E-state index < -0.39 is 11.8 Å². The highest BCUT2D eigenvalue weighted by Gasteiger charge is 2.26. The molecule has 6 nitrogen and oxygen atoms in total. The highest BCUT2D eigenvalue weighted by Crippen LogP contribution is 2.20. The monoisotopic (exact) mass is 342 g/mol. The third-order valence-corrected chi connectivity index (χ3v) is 4.11. The smallest absolute Gasteiger partial charge is 0.312 e. The molecule has 1 fully saturated rings. The summed E-state index contributed by atoms with van der Waals surface area (Å²) >= 11 is 0. The van der Waals surface area contributed by atoms with Gasteiger partial charge in [-0.2, -0.15) is 0 Å². The second-order valence-electron chi connectivity index (χ2n) is 5.73. The number of hydrogen-bond donors (Lipinski definition) is 1. The van der Waals surface area contributed by atoms with Crippen LogP contribution in [0.4, 0.5) is 10.1 Å². The van der Waals surface area contributed by atoms with E-state index in [1.165, 1.54) is 11.0 Å². The van der Waals surface area contributed by atoms with E-state index in [9.17, 15) is 14.0 Å². The summed E-state index contributed by atoms with van der Waals surface area (Å²) in [7, 11) is 0. The summed E-state index contributed by atoms with van der Waals surface area (Å²) in [5.41, 5.74) is 1.21. The van der Waals surface area contributed by atoms with Crippen LogP contribution in [0.1, 0.15) is 5.69 Å². The lowest BCUT2D eigenvalue weighted by atomic mass is 10.2. The number of nitrogens with zero attached hydrogens (tertiary/aromatic N) is 3. The minimum atomic E-state index is -0.648. The number of pyridine rings is 1. The Balaban J connectivity index is 1.51. The van der Waals surface area contributed by atoms with Gasteiger partial charge in [-0.1, -0.05) is 18.2 Å². The molecule has 0 bridgehead atoms. The number of hydrogen-bond acceptors (Lipinski definition) is 4. The van der Waals surface area contributed by atoms with Crippen LogP contribution in [0, 0.1) is 5.82 Å². The molecule has 0 spiro atoms. The van der Waals surface area contributed by atoms with Gasteiger partial charge in [-0.05, 0) is 24.3 Å². The summed E-state index contributed by atoms with van der Waals surface area (Å²) in [4.78, 5) is 31.7. The maximum absolute atomic E-state index is 13.8. The van der Waals surface area contributed by atoms with Crippen LogP contribution in [-0.2, 0) is 16.1 Å². The Morgan fingerprint density at radius 2 is 1.76 bits per heavy atom. The van der Waals surface area contributed by atoms with Gasteiger partial charge in [0.15, 0.2) is 0 Å². The molecule has 1 aromatic heterocycles. The average Bonchev–Trinajstić information content (AvgIpc) is 2.67. The maximum atomic E-state index is 13.8. The molecule has 1 aliphatic heterocycles. The van der Waals surface area contributed by atoms with Gasteiger partial charge in [-0.25, -0.2) is 4.39 Å². The topological polar surface area (TPSA) is 65.5 Å². The Kier molecular flexibility index (Phi) is 5.23. The van der Waals surface area contributed by atoms with Gasteiger partial charge in [0.2, 0.25) is 0 Å². The number of carbonyl (C=O) groups is 2. The van der Waals surface area contributed by atoms with Crippen LogP contribution < -0.4 is 10.2 Å². The SMILES string of the molecule is O=C(NCc1ccccn1)C(=O)N1CCN(c2ccccc2F)CC1. The van der Waals surface area contributed by atoms with E-state index in [0.29, 0.717) is 37.6 Å². The standard InChI is InChI=1S/C18H19FN4O2/c19-15-6-1-2-7-16(15)22-9-11-23(12-10-22)18(25)17(24)21-13-14-5-3-4-8-20-14/h1-8H,9-13H2,(H,21,24). The summed E-state index contributed by atoms with van der Waals surface area (Å²) in [5.74, 6) is -1.50. The van der Waals surface area contributed by atoms with Crippen molar-refractivity contribution in [2.45, 2.75) is 6.54 Å². The molecule has 2 heterocycles. The molecular weight excluding hydrogens is 323 g/mol. The van der Waals surface area contributed by atoms with Crippen LogP contribution in [0.15, 0.2) is 48.7 Å². The van der Waals surface area contributed by atoms with Crippen molar-refractivity contribution < 1.29 is 14.0 Å². The highest BCUT2D eigenvalue weighted by atomic mass is 19.1. The molecule has 0 atom stereocenters. The number of carbonyl (C=O) groups excluding carboxylic acids is 2. The first-order valence-electron chi connectivity index (χ1n) is 8.11. The number of amides is 2. The van der Waals surface area contributed by atoms with Crippen molar-refractivity contribution in [1.29, 1.82) is 0 Å². The van der Waals surface area contributed by atoms with Crippen LogP contribution in [0.2, 0.25) is 0 Å². The third-order valence-electron chi connectivity index (χ3n) is 4.11. The fourth-order valence-corrected chi connectivity index (χ4v) is 2.75. The Hall–Kier alpha value is -2.96. The molecule has 2 amide bonds. The molecular formula is C18H19FN4O2. The zero-order valence-corrected chi connectivity index (χ0v) is 13.7. The van der Waals surface area contributed by atoms with Gasteiger partial charge in [0.05, 0.1) is 17.9 Å². The Morgan fingerprint density at radius 3 is 2.44 bits per heavy atom. The Bertz CT molecular complexity index is 746. The molecule has 1 aliphatic rings. The van der Waals surface area contributed by atoms with Crippen LogP contribution in [-0.4, -0.2) is 47.9 Å². The Labute approximate surface area is 145 Å². The fraction of sp³-hybridized carbons (Fsp3) is 0.278. The maximum Gasteiger partial charge on any atom is 0.312 e. The molecule has 1 saturated heterocycles. The van der Waals surface area contributed by atoms with Crippen molar-refractivity contribution in [2.75, 3.05) is 31.1 Å². The molecule has 130 valence electrons. The molecule has 1 aromatic carbocycles. The molecule has 0 saturated carbocycles. The Morgan fingerprint density at radius 1 is 1.04 bits per heavy atom. The summed E-state index contributed by atoms with van der Waals surface area (Å²) < 4.78 is 13.8. The van der Waals surface area contributed by atoms with Crippen molar-refractivity contribution in [3.63, 3.8) is 0 Å². The van der Waals surface area contributed by atoms with Crippen LogP contribution in [0.3, 0.4) is 0 Å². The number of piperazine rings is 1. The van der Waals surface area contributed by atoms with Crippen molar-refractivity contribution in [3.05, 3.63) is 60.2 Å².